The molecule has 0 aromatic heterocycles. The van der Waals surface area contributed by atoms with Gasteiger partial charge in [0.25, 0.3) is 0 Å². The SMILES string of the molecule is COc1cc(CC#N)cc(OC(F)(F)F)c1. The number of halogens is 3. The van der Waals surface area contributed by atoms with Crippen LogP contribution in [0.1, 0.15) is 5.56 Å². The van der Waals surface area contributed by atoms with E-state index in [1.807, 2.05) is 6.07 Å². The maximum Gasteiger partial charge on any atom is 0.573 e. The van der Waals surface area contributed by atoms with Crippen LogP contribution < -0.4 is 9.47 Å². The highest BCUT2D eigenvalue weighted by molar-refractivity contribution is 5.39. The Balaban J connectivity index is 3.00. The minimum Gasteiger partial charge on any atom is -0.497 e. The largest absolute Gasteiger partial charge is 0.573 e. The molecule has 0 aliphatic carbocycles. The lowest BCUT2D eigenvalue weighted by Crippen LogP contribution is -2.17. The number of rotatable bonds is 3. The summed E-state index contributed by atoms with van der Waals surface area (Å²) in [6.45, 7) is 0. The molecule has 0 spiro atoms. The summed E-state index contributed by atoms with van der Waals surface area (Å²) in [5, 5.41) is 8.45. The summed E-state index contributed by atoms with van der Waals surface area (Å²) in [6.07, 6.45) is -4.76. The Hall–Kier alpha value is -1.90. The lowest BCUT2D eigenvalue weighted by atomic mass is 10.1. The number of benzene rings is 1. The van der Waals surface area contributed by atoms with Crippen LogP contribution in [0.5, 0.6) is 11.5 Å². The van der Waals surface area contributed by atoms with Gasteiger partial charge in [0.05, 0.1) is 19.6 Å². The molecule has 3 nitrogen and oxygen atoms in total. The smallest absolute Gasteiger partial charge is 0.497 e. The van der Waals surface area contributed by atoms with Crippen molar-refractivity contribution < 1.29 is 22.6 Å². The van der Waals surface area contributed by atoms with Crippen molar-refractivity contribution in [3.63, 3.8) is 0 Å². The van der Waals surface area contributed by atoms with E-state index in [0.717, 1.165) is 12.1 Å². The lowest BCUT2D eigenvalue weighted by molar-refractivity contribution is -0.274. The van der Waals surface area contributed by atoms with E-state index in [0.29, 0.717) is 5.56 Å². The third-order valence-electron chi connectivity index (χ3n) is 1.69. The van der Waals surface area contributed by atoms with E-state index in [1.165, 1.54) is 13.2 Å². The minimum absolute atomic E-state index is 0.00851. The molecule has 0 bridgehead atoms. The van der Waals surface area contributed by atoms with E-state index in [1.54, 1.807) is 0 Å². The third-order valence-corrected chi connectivity index (χ3v) is 1.69. The summed E-state index contributed by atoms with van der Waals surface area (Å²) in [7, 11) is 1.32. The van der Waals surface area contributed by atoms with Crippen molar-refractivity contribution >= 4 is 0 Å². The van der Waals surface area contributed by atoms with Gasteiger partial charge >= 0.3 is 6.36 Å². The summed E-state index contributed by atoms with van der Waals surface area (Å²) < 4.78 is 44.4. The summed E-state index contributed by atoms with van der Waals surface area (Å²) >= 11 is 0. The molecule has 0 saturated carbocycles. The van der Waals surface area contributed by atoms with Gasteiger partial charge in [0.1, 0.15) is 11.5 Å². The first kappa shape index (κ1) is 12.2. The zero-order valence-electron chi connectivity index (χ0n) is 8.34. The van der Waals surface area contributed by atoms with Crippen LogP contribution in [-0.4, -0.2) is 13.5 Å². The van der Waals surface area contributed by atoms with Crippen LogP contribution in [0, 0.1) is 11.3 Å². The van der Waals surface area contributed by atoms with Crippen molar-refractivity contribution in [2.75, 3.05) is 7.11 Å². The quantitative estimate of drug-likeness (QED) is 0.803. The van der Waals surface area contributed by atoms with Gasteiger partial charge in [-0.15, -0.1) is 13.2 Å². The van der Waals surface area contributed by atoms with E-state index in [4.69, 9.17) is 10.00 Å². The average molecular weight is 231 g/mol. The number of nitriles is 1. The highest BCUT2D eigenvalue weighted by Crippen LogP contribution is 2.28. The van der Waals surface area contributed by atoms with E-state index in [2.05, 4.69) is 4.74 Å². The van der Waals surface area contributed by atoms with Crippen molar-refractivity contribution in [3.05, 3.63) is 23.8 Å². The van der Waals surface area contributed by atoms with Crippen molar-refractivity contribution in [2.24, 2.45) is 0 Å². The fraction of sp³-hybridized carbons (Fsp3) is 0.300. The molecule has 86 valence electrons. The van der Waals surface area contributed by atoms with Gasteiger partial charge in [0, 0.05) is 6.07 Å². The van der Waals surface area contributed by atoms with Gasteiger partial charge in [-0.05, 0) is 17.7 Å². The fourth-order valence-electron chi connectivity index (χ4n) is 1.13. The molecule has 1 aromatic rings. The number of hydrogen-bond donors (Lipinski definition) is 0. The second-order valence-corrected chi connectivity index (χ2v) is 2.90. The van der Waals surface area contributed by atoms with Gasteiger partial charge in [0.2, 0.25) is 0 Å². The predicted molar refractivity (Wildman–Crippen MR) is 49.0 cm³/mol. The first-order valence-corrected chi connectivity index (χ1v) is 4.25. The van der Waals surface area contributed by atoms with Gasteiger partial charge in [-0.25, -0.2) is 0 Å². The van der Waals surface area contributed by atoms with Crippen LogP contribution in [0.15, 0.2) is 18.2 Å². The number of methoxy groups -OCH3 is 1. The molecular formula is C10H8F3NO2. The first-order chi connectivity index (χ1) is 7.44. The zero-order valence-corrected chi connectivity index (χ0v) is 8.34. The standard InChI is InChI=1S/C10H8F3NO2/c1-15-8-4-7(2-3-14)5-9(6-8)16-10(11,12)13/h4-6H,2H2,1H3. The summed E-state index contributed by atoms with van der Waals surface area (Å²) in [5.41, 5.74) is 0.404. The lowest BCUT2D eigenvalue weighted by Gasteiger charge is -2.11. The molecule has 0 radical (unpaired) electrons. The molecule has 0 atom stereocenters. The molecule has 0 N–H and O–H groups in total. The highest BCUT2D eigenvalue weighted by atomic mass is 19.4. The summed E-state index contributed by atoms with van der Waals surface area (Å²) in [6, 6.07) is 5.57. The topological polar surface area (TPSA) is 42.2 Å². The van der Waals surface area contributed by atoms with Gasteiger partial charge in [-0.3, -0.25) is 0 Å². The molecular weight excluding hydrogens is 223 g/mol. The summed E-state index contributed by atoms with van der Waals surface area (Å²) in [5.74, 6) is -0.177. The second-order valence-electron chi connectivity index (χ2n) is 2.90. The van der Waals surface area contributed by atoms with E-state index in [-0.39, 0.29) is 12.2 Å². The molecule has 0 aliphatic rings. The van der Waals surface area contributed by atoms with Crippen molar-refractivity contribution in [1.82, 2.24) is 0 Å². The number of hydrogen-bond acceptors (Lipinski definition) is 3. The van der Waals surface area contributed by atoms with E-state index in [9.17, 15) is 13.2 Å². The van der Waals surface area contributed by atoms with Crippen LogP contribution in [-0.2, 0) is 6.42 Å². The van der Waals surface area contributed by atoms with Crippen LogP contribution in [0.25, 0.3) is 0 Å². The molecule has 16 heavy (non-hydrogen) atoms. The highest BCUT2D eigenvalue weighted by Gasteiger charge is 2.31. The van der Waals surface area contributed by atoms with Crippen LogP contribution in [0.2, 0.25) is 0 Å². The molecule has 0 heterocycles. The minimum atomic E-state index is -4.75. The fourth-order valence-corrected chi connectivity index (χ4v) is 1.13. The van der Waals surface area contributed by atoms with E-state index < -0.39 is 12.1 Å². The van der Waals surface area contributed by atoms with Crippen LogP contribution in [0.3, 0.4) is 0 Å². The molecule has 0 aliphatic heterocycles. The van der Waals surface area contributed by atoms with Crippen molar-refractivity contribution in [3.8, 4) is 17.6 Å². The monoisotopic (exact) mass is 231 g/mol. The van der Waals surface area contributed by atoms with Crippen LogP contribution >= 0.6 is 0 Å². The first-order valence-electron chi connectivity index (χ1n) is 4.25. The Morgan fingerprint density at radius 2 is 1.88 bits per heavy atom. The Morgan fingerprint density at radius 1 is 1.25 bits per heavy atom. The Kier molecular flexibility index (Phi) is 3.61. The van der Waals surface area contributed by atoms with Gasteiger partial charge < -0.3 is 9.47 Å². The molecule has 0 saturated heterocycles. The second kappa shape index (κ2) is 4.75. The normalized spacial score (nSPS) is 10.7. The maximum atomic E-state index is 12.0. The molecule has 1 aromatic carbocycles. The van der Waals surface area contributed by atoms with Gasteiger partial charge in [-0.2, -0.15) is 5.26 Å². The average Bonchev–Trinajstić information content (AvgIpc) is 2.15. The molecule has 0 unspecified atom stereocenters. The Morgan fingerprint density at radius 3 is 2.38 bits per heavy atom. The summed E-state index contributed by atoms with van der Waals surface area (Å²) in [4.78, 5) is 0. The number of ether oxygens (including phenoxy) is 2. The Labute approximate surface area is 90.0 Å². The number of nitrogens with zero attached hydrogens (tertiary/aromatic N) is 1. The van der Waals surface area contributed by atoms with Crippen LogP contribution in [0.4, 0.5) is 13.2 Å². The predicted octanol–water partition coefficient (Wildman–Crippen LogP) is 2.66. The number of alkyl halides is 3. The third kappa shape index (κ3) is 3.69. The molecule has 0 amide bonds. The zero-order chi connectivity index (χ0) is 12.2. The van der Waals surface area contributed by atoms with Gasteiger partial charge in [-0.1, -0.05) is 0 Å². The van der Waals surface area contributed by atoms with E-state index >= 15 is 0 Å². The molecule has 6 heteroatoms. The molecule has 0 fully saturated rings. The van der Waals surface area contributed by atoms with Gasteiger partial charge in [0.15, 0.2) is 0 Å². The maximum absolute atomic E-state index is 12.0. The molecule has 1 rings (SSSR count). The van der Waals surface area contributed by atoms with Crippen molar-refractivity contribution in [1.29, 1.82) is 5.26 Å². The Bertz CT molecular complexity index is 410. The van der Waals surface area contributed by atoms with Crippen molar-refractivity contribution in [2.45, 2.75) is 12.8 Å².